The lowest BCUT2D eigenvalue weighted by atomic mass is 9.99. The normalized spacial score (nSPS) is 18.1. The van der Waals surface area contributed by atoms with Gasteiger partial charge in [0.1, 0.15) is 24.4 Å². The lowest BCUT2D eigenvalue weighted by molar-refractivity contribution is -0.302. The van der Waals surface area contributed by atoms with Crippen LogP contribution >= 0.6 is 0 Å². The number of hydrogen-bond donors (Lipinski definition) is 6. The first-order valence-electron chi connectivity index (χ1n) is 38.1. The molecule has 1 amide bonds. The van der Waals surface area contributed by atoms with E-state index in [4.69, 9.17) is 9.47 Å². The van der Waals surface area contributed by atoms with E-state index in [1.54, 1.807) is 6.08 Å². The van der Waals surface area contributed by atoms with Crippen LogP contribution in [-0.4, -0.2) is 87.5 Å². The maximum absolute atomic E-state index is 13.1. The van der Waals surface area contributed by atoms with Crippen LogP contribution in [0.15, 0.2) is 24.3 Å². The van der Waals surface area contributed by atoms with Gasteiger partial charge in [0.15, 0.2) is 6.29 Å². The van der Waals surface area contributed by atoms with Gasteiger partial charge in [-0.15, -0.1) is 0 Å². The first-order valence-corrected chi connectivity index (χ1v) is 38.1. The predicted octanol–water partition coefficient (Wildman–Crippen LogP) is 21.2. The Hall–Kier alpha value is -1.33. The molecule has 85 heavy (non-hydrogen) atoms. The van der Waals surface area contributed by atoms with Gasteiger partial charge in [-0.3, -0.25) is 4.79 Å². The zero-order valence-corrected chi connectivity index (χ0v) is 56.7. The standard InChI is InChI=1S/C76H147NO8/c1-3-5-7-9-11-13-15-17-19-21-23-25-27-29-31-33-34-35-36-37-38-40-42-44-46-48-50-52-54-56-58-60-62-64-66-72(80)77-69(68-84-76-75(83)74(82)73(81)71(67-78)85-76)70(79)65-63-61-59-57-55-53-51-49-47-45-43-41-39-32-30-28-26-24-22-20-18-16-14-12-10-8-6-4-2/h55,57,63,65,69-71,73-76,78-79,81-83H,3-54,56,58-62,64,66-68H2,1-2H3,(H,77,80)/b57-55+,65-63+. The van der Waals surface area contributed by atoms with Crippen molar-refractivity contribution < 1.29 is 39.8 Å². The number of rotatable bonds is 68. The average Bonchev–Trinajstić information content (AvgIpc) is 3.71. The number of unbranched alkanes of at least 4 members (excludes halogenated alkanes) is 56. The van der Waals surface area contributed by atoms with Crippen molar-refractivity contribution in [2.75, 3.05) is 13.2 Å². The van der Waals surface area contributed by atoms with E-state index in [1.807, 2.05) is 6.08 Å². The van der Waals surface area contributed by atoms with Crippen LogP contribution in [0, 0.1) is 0 Å². The molecule has 0 aromatic rings. The summed E-state index contributed by atoms with van der Waals surface area (Å²) in [6.07, 6.45) is 80.4. The molecule has 1 saturated heterocycles. The summed E-state index contributed by atoms with van der Waals surface area (Å²) in [5.74, 6) is -0.177. The van der Waals surface area contributed by atoms with Gasteiger partial charge in [0.25, 0.3) is 0 Å². The van der Waals surface area contributed by atoms with Crippen molar-refractivity contribution in [2.24, 2.45) is 0 Å². The molecule has 6 N–H and O–H groups in total. The average molecular weight is 1200 g/mol. The van der Waals surface area contributed by atoms with Gasteiger partial charge in [-0.05, 0) is 32.1 Å². The minimum atomic E-state index is -1.57. The van der Waals surface area contributed by atoms with E-state index in [2.05, 4.69) is 31.3 Å². The summed E-state index contributed by atoms with van der Waals surface area (Å²) in [6.45, 7) is 3.83. The third-order valence-electron chi connectivity index (χ3n) is 18.5. The number of allylic oxidation sites excluding steroid dienone is 3. The van der Waals surface area contributed by atoms with Gasteiger partial charge in [0.2, 0.25) is 5.91 Å². The van der Waals surface area contributed by atoms with Crippen molar-refractivity contribution in [3.05, 3.63) is 24.3 Å². The molecule has 0 bridgehead atoms. The van der Waals surface area contributed by atoms with Crippen LogP contribution in [-0.2, 0) is 14.3 Å². The fourth-order valence-electron chi connectivity index (χ4n) is 12.6. The molecule has 0 spiro atoms. The molecule has 0 radical (unpaired) electrons. The molecule has 9 heteroatoms. The Labute approximate surface area is 528 Å². The van der Waals surface area contributed by atoms with Gasteiger partial charge in [-0.1, -0.05) is 385 Å². The SMILES string of the molecule is CCCCCCCCCCCCCCCCCCCCCCCC/C=C/CC/C=C/C(O)C(COC1OC(CO)C(O)C(O)C1O)NC(=O)CCCCCCCCCCCCCCCCCCCCCCCCCCCCCCCCCCCC. The molecule has 504 valence electrons. The fraction of sp³-hybridized carbons (Fsp3) is 0.934. The van der Waals surface area contributed by atoms with Crippen LogP contribution in [0.1, 0.15) is 399 Å². The zero-order valence-electron chi connectivity index (χ0n) is 56.7. The lowest BCUT2D eigenvalue weighted by Gasteiger charge is -2.40. The second-order valence-corrected chi connectivity index (χ2v) is 26.8. The van der Waals surface area contributed by atoms with E-state index >= 15 is 0 Å². The summed E-state index contributed by atoms with van der Waals surface area (Å²) in [4.78, 5) is 13.1. The third kappa shape index (κ3) is 54.2. The molecule has 0 aliphatic carbocycles. The number of aliphatic hydroxyl groups excluding tert-OH is 5. The Morgan fingerprint density at radius 2 is 0.671 bits per heavy atom. The van der Waals surface area contributed by atoms with Crippen LogP contribution in [0.4, 0.5) is 0 Å². The van der Waals surface area contributed by atoms with Gasteiger partial charge in [-0.25, -0.2) is 0 Å². The Balaban J connectivity index is 2.09. The molecule has 1 aliphatic rings. The quantitative estimate of drug-likeness (QED) is 0.0261. The van der Waals surface area contributed by atoms with Crippen molar-refractivity contribution in [2.45, 2.75) is 442 Å². The van der Waals surface area contributed by atoms with E-state index in [9.17, 15) is 30.3 Å². The van der Waals surface area contributed by atoms with Gasteiger partial charge in [0, 0.05) is 6.42 Å². The minimum absolute atomic E-state index is 0.177. The second-order valence-electron chi connectivity index (χ2n) is 26.8. The molecular formula is C76H147NO8. The third-order valence-corrected chi connectivity index (χ3v) is 18.5. The number of ether oxygens (including phenoxy) is 2. The highest BCUT2D eigenvalue weighted by Gasteiger charge is 2.44. The topological polar surface area (TPSA) is 149 Å². The molecule has 9 nitrogen and oxygen atoms in total. The maximum Gasteiger partial charge on any atom is 0.220 e. The molecule has 1 rings (SSSR count). The fourth-order valence-corrected chi connectivity index (χ4v) is 12.6. The highest BCUT2D eigenvalue weighted by atomic mass is 16.7. The van der Waals surface area contributed by atoms with E-state index in [-0.39, 0.29) is 12.5 Å². The summed E-state index contributed by atoms with van der Waals surface area (Å²) in [5.41, 5.74) is 0. The number of hydrogen-bond acceptors (Lipinski definition) is 8. The van der Waals surface area contributed by atoms with Gasteiger partial charge in [-0.2, -0.15) is 0 Å². The lowest BCUT2D eigenvalue weighted by Crippen LogP contribution is -2.60. The van der Waals surface area contributed by atoms with Crippen LogP contribution in [0.3, 0.4) is 0 Å². The van der Waals surface area contributed by atoms with E-state index in [1.165, 1.54) is 340 Å². The molecule has 1 heterocycles. The van der Waals surface area contributed by atoms with Crippen LogP contribution in [0.25, 0.3) is 0 Å². The van der Waals surface area contributed by atoms with Gasteiger partial charge < -0.3 is 40.3 Å². The Kier molecular flexibility index (Phi) is 63.1. The molecule has 0 saturated carbocycles. The number of amides is 1. The van der Waals surface area contributed by atoms with Crippen molar-refractivity contribution in [1.82, 2.24) is 5.32 Å². The number of nitrogens with one attached hydrogen (secondary N) is 1. The first-order chi connectivity index (χ1) is 41.8. The summed E-state index contributed by atoms with van der Waals surface area (Å²) in [5, 5.41) is 54.8. The number of carbonyl (C=O) groups excluding carboxylic acids is 1. The second kappa shape index (κ2) is 65.6. The van der Waals surface area contributed by atoms with Crippen LogP contribution < -0.4 is 5.32 Å². The molecule has 7 atom stereocenters. The Bertz CT molecular complexity index is 1390. The zero-order chi connectivity index (χ0) is 61.4. The van der Waals surface area contributed by atoms with Crippen molar-refractivity contribution in [1.29, 1.82) is 0 Å². The largest absolute Gasteiger partial charge is 0.394 e. The number of carbonyl (C=O) groups is 1. The molecular weight excluding hydrogens is 1050 g/mol. The summed E-state index contributed by atoms with van der Waals surface area (Å²) < 4.78 is 11.3. The van der Waals surface area contributed by atoms with Gasteiger partial charge in [0.05, 0.1) is 25.4 Å². The Morgan fingerprint density at radius 3 is 0.988 bits per heavy atom. The van der Waals surface area contributed by atoms with Gasteiger partial charge >= 0.3 is 0 Å². The monoisotopic (exact) mass is 1200 g/mol. The molecule has 7 unspecified atom stereocenters. The summed E-state index contributed by atoms with van der Waals surface area (Å²) >= 11 is 0. The smallest absolute Gasteiger partial charge is 0.220 e. The molecule has 0 aromatic heterocycles. The Morgan fingerprint density at radius 1 is 0.388 bits per heavy atom. The minimum Gasteiger partial charge on any atom is -0.394 e. The summed E-state index contributed by atoms with van der Waals surface area (Å²) in [6, 6.07) is -0.821. The molecule has 1 fully saturated rings. The van der Waals surface area contributed by atoms with E-state index in [0.717, 1.165) is 38.5 Å². The highest BCUT2D eigenvalue weighted by molar-refractivity contribution is 5.76. The van der Waals surface area contributed by atoms with E-state index in [0.29, 0.717) is 6.42 Å². The van der Waals surface area contributed by atoms with Crippen molar-refractivity contribution >= 4 is 5.91 Å². The highest BCUT2D eigenvalue weighted by Crippen LogP contribution is 2.24. The first kappa shape index (κ1) is 81.7. The molecule has 0 aromatic carbocycles. The van der Waals surface area contributed by atoms with Crippen molar-refractivity contribution in [3.8, 4) is 0 Å². The van der Waals surface area contributed by atoms with Crippen LogP contribution in [0.2, 0.25) is 0 Å². The predicted molar refractivity (Wildman–Crippen MR) is 364 cm³/mol. The van der Waals surface area contributed by atoms with Crippen LogP contribution in [0.5, 0.6) is 0 Å². The number of aliphatic hydroxyl groups is 5. The van der Waals surface area contributed by atoms with E-state index < -0.39 is 49.5 Å². The maximum atomic E-state index is 13.1. The van der Waals surface area contributed by atoms with Crippen molar-refractivity contribution in [3.63, 3.8) is 0 Å². The molecule has 1 aliphatic heterocycles. The summed E-state index contributed by atoms with van der Waals surface area (Å²) in [7, 11) is 0.